The molecule has 3 nitrogen and oxygen atoms in total. The number of thiophene rings is 1. The molecule has 0 unspecified atom stereocenters. The summed E-state index contributed by atoms with van der Waals surface area (Å²) in [6.07, 6.45) is 0.877. The number of H-pyrrole nitrogens is 1. The minimum absolute atomic E-state index is 0.0297. The van der Waals surface area contributed by atoms with E-state index in [2.05, 4.69) is 35.3 Å². The molecule has 23 heavy (non-hydrogen) atoms. The molecule has 0 aliphatic carbocycles. The van der Waals surface area contributed by atoms with Crippen LogP contribution in [0.15, 0.2) is 52.6 Å². The number of rotatable bonds is 3. The number of aromatic nitrogens is 1. The molecular weight excluding hydrogens is 304 g/mol. The molecule has 4 rings (SSSR count). The van der Waals surface area contributed by atoms with Gasteiger partial charge in [-0.2, -0.15) is 0 Å². The molecule has 0 fully saturated rings. The van der Waals surface area contributed by atoms with Crippen LogP contribution in [0.3, 0.4) is 0 Å². The molecule has 2 heterocycles. The maximum atomic E-state index is 12.2. The molecule has 4 heteroatoms. The highest BCUT2D eigenvalue weighted by Crippen LogP contribution is 2.33. The van der Waals surface area contributed by atoms with E-state index in [1.807, 2.05) is 23.6 Å². The summed E-state index contributed by atoms with van der Waals surface area (Å²) in [5.41, 5.74) is 9.76. The van der Waals surface area contributed by atoms with Crippen molar-refractivity contribution in [3.63, 3.8) is 0 Å². The molecule has 0 saturated heterocycles. The highest BCUT2D eigenvalue weighted by atomic mass is 32.1. The minimum Gasteiger partial charge on any atom is -0.330 e. The van der Waals surface area contributed by atoms with Crippen molar-refractivity contribution < 1.29 is 0 Å². The molecule has 1 radical (unpaired) electrons. The zero-order valence-corrected chi connectivity index (χ0v) is 13.2. The number of nitrogens with two attached hydrogens (primary N) is 1. The van der Waals surface area contributed by atoms with E-state index in [1.54, 1.807) is 0 Å². The fourth-order valence-electron chi connectivity index (χ4n) is 2.98. The second-order valence-corrected chi connectivity index (χ2v) is 6.41. The van der Waals surface area contributed by atoms with E-state index in [4.69, 9.17) is 5.73 Å². The van der Waals surface area contributed by atoms with Crippen LogP contribution in [-0.4, -0.2) is 11.5 Å². The average Bonchev–Trinajstić information content (AvgIpc) is 3.06. The van der Waals surface area contributed by atoms with Gasteiger partial charge in [-0.15, -0.1) is 11.3 Å². The molecule has 2 aromatic heterocycles. The van der Waals surface area contributed by atoms with Crippen molar-refractivity contribution in [1.82, 2.24) is 4.98 Å². The third-order valence-corrected chi connectivity index (χ3v) is 4.97. The maximum Gasteiger partial charge on any atom is 0.266 e. The Balaban J connectivity index is 2.00. The van der Waals surface area contributed by atoms with E-state index in [-0.39, 0.29) is 5.56 Å². The predicted molar refractivity (Wildman–Crippen MR) is 97.0 cm³/mol. The number of hydrogen-bond acceptors (Lipinski definition) is 3. The molecule has 2 aromatic carbocycles. The van der Waals surface area contributed by atoms with E-state index < -0.39 is 0 Å². The summed E-state index contributed by atoms with van der Waals surface area (Å²) in [7, 11) is 0. The number of aromatic amines is 1. The zero-order chi connectivity index (χ0) is 15.8. The Morgan fingerprint density at radius 3 is 2.74 bits per heavy atom. The molecule has 0 spiro atoms. The number of nitrogens with one attached hydrogen (secondary N) is 1. The number of fused-ring (bicyclic) bond motifs is 3. The quantitative estimate of drug-likeness (QED) is 0.605. The standard InChI is InChI=1S/C19H15N2OS/c20-10-8-12-4-6-13(7-5-12)14-2-1-3-16-17(14)15-9-11-23-18(15)19(22)21-16/h1,3-7,9,11H,8,10,20H2,(H,21,22). The minimum atomic E-state index is -0.0297. The molecule has 0 aliphatic rings. The van der Waals surface area contributed by atoms with Crippen molar-refractivity contribution in [2.45, 2.75) is 6.42 Å². The summed E-state index contributed by atoms with van der Waals surface area (Å²) in [4.78, 5) is 15.1. The van der Waals surface area contributed by atoms with Gasteiger partial charge in [-0.3, -0.25) is 4.79 Å². The lowest BCUT2D eigenvalue weighted by atomic mass is 9.97. The van der Waals surface area contributed by atoms with Gasteiger partial charge in [0, 0.05) is 16.3 Å². The normalized spacial score (nSPS) is 11.3. The Kier molecular flexibility index (Phi) is 3.48. The van der Waals surface area contributed by atoms with Crippen molar-refractivity contribution in [2.24, 2.45) is 5.73 Å². The number of benzene rings is 2. The van der Waals surface area contributed by atoms with Crippen LogP contribution in [0.25, 0.3) is 32.1 Å². The number of pyridine rings is 1. The predicted octanol–water partition coefficient (Wildman–Crippen LogP) is 3.71. The Morgan fingerprint density at radius 1 is 1.13 bits per heavy atom. The van der Waals surface area contributed by atoms with Gasteiger partial charge in [-0.1, -0.05) is 30.3 Å². The lowest BCUT2D eigenvalue weighted by Crippen LogP contribution is -2.04. The van der Waals surface area contributed by atoms with Gasteiger partial charge < -0.3 is 10.7 Å². The van der Waals surface area contributed by atoms with Crippen molar-refractivity contribution in [2.75, 3.05) is 6.54 Å². The highest BCUT2D eigenvalue weighted by Gasteiger charge is 2.11. The van der Waals surface area contributed by atoms with Gasteiger partial charge in [0.05, 0.1) is 0 Å². The van der Waals surface area contributed by atoms with Gasteiger partial charge >= 0.3 is 0 Å². The van der Waals surface area contributed by atoms with Crippen molar-refractivity contribution >= 4 is 32.3 Å². The van der Waals surface area contributed by atoms with Crippen LogP contribution < -0.4 is 11.3 Å². The first kappa shape index (κ1) is 14.2. The van der Waals surface area contributed by atoms with Crippen molar-refractivity contribution in [1.29, 1.82) is 0 Å². The molecule has 0 bridgehead atoms. The Morgan fingerprint density at radius 2 is 1.96 bits per heavy atom. The second kappa shape index (κ2) is 5.65. The van der Waals surface area contributed by atoms with Crippen molar-refractivity contribution in [3.8, 4) is 11.1 Å². The Hall–Kier alpha value is -2.43. The first-order valence-electron chi connectivity index (χ1n) is 7.51. The van der Waals surface area contributed by atoms with E-state index in [1.165, 1.54) is 16.9 Å². The van der Waals surface area contributed by atoms with E-state index >= 15 is 0 Å². The van der Waals surface area contributed by atoms with E-state index in [9.17, 15) is 4.79 Å². The van der Waals surface area contributed by atoms with Crippen LogP contribution in [0, 0.1) is 6.07 Å². The smallest absolute Gasteiger partial charge is 0.266 e. The zero-order valence-electron chi connectivity index (χ0n) is 12.4. The SMILES string of the molecule is NCCc1ccc(-c2[c]ccc3[nH]c(=O)c4sccc4c23)cc1. The summed E-state index contributed by atoms with van der Waals surface area (Å²) in [5.74, 6) is 0. The molecule has 4 aromatic rings. The van der Waals surface area contributed by atoms with Crippen LogP contribution in [0.1, 0.15) is 5.56 Å². The van der Waals surface area contributed by atoms with Gasteiger partial charge in [-0.05, 0) is 53.2 Å². The Labute approximate surface area is 137 Å². The highest BCUT2D eigenvalue weighted by molar-refractivity contribution is 7.17. The molecule has 0 atom stereocenters. The fraction of sp³-hybridized carbons (Fsp3) is 0.105. The van der Waals surface area contributed by atoms with Gasteiger partial charge in [0.2, 0.25) is 0 Å². The third-order valence-electron chi connectivity index (χ3n) is 4.06. The van der Waals surface area contributed by atoms with Crippen LogP contribution in [0.2, 0.25) is 0 Å². The largest absolute Gasteiger partial charge is 0.330 e. The van der Waals surface area contributed by atoms with Crippen LogP contribution in [0.4, 0.5) is 0 Å². The van der Waals surface area contributed by atoms with Crippen LogP contribution in [-0.2, 0) is 6.42 Å². The number of hydrogen-bond donors (Lipinski definition) is 2. The summed E-state index contributed by atoms with van der Waals surface area (Å²) in [5, 5.41) is 4.00. The monoisotopic (exact) mass is 319 g/mol. The molecular formula is C19H15N2OS. The van der Waals surface area contributed by atoms with E-state index in [0.717, 1.165) is 38.5 Å². The molecule has 113 valence electrons. The fourth-order valence-corrected chi connectivity index (χ4v) is 3.77. The summed E-state index contributed by atoms with van der Waals surface area (Å²) >= 11 is 1.47. The van der Waals surface area contributed by atoms with Gasteiger partial charge in [0.1, 0.15) is 4.70 Å². The molecule has 0 saturated carbocycles. The van der Waals surface area contributed by atoms with E-state index in [0.29, 0.717) is 6.54 Å². The molecule has 0 amide bonds. The average molecular weight is 319 g/mol. The molecule has 3 N–H and O–H groups in total. The van der Waals surface area contributed by atoms with Gasteiger partial charge in [0.15, 0.2) is 0 Å². The first-order valence-corrected chi connectivity index (χ1v) is 8.39. The van der Waals surface area contributed by atoms with Crippen molar-refractivity contribution in [3.05, 3.63) is 69.8 Å². The Bertz CT molecular complexity index is 1040. The topological polar surface area (TPSA) is 58.9 Å². The van der Waals surface area contributed by atoms with Crippen LogP contribution in [0.5, 0.6) is 0 Å². The second-order valence-electron chi connectivity index (χ2n) is 5.49. The lowest BCUT2D eigenvalue weighted by molar-refractivity contribution is 0.969. The maximum absolute atomic E-state index is 12.2. The van der Waals surface area contributed by atoms with Gasteiger partial charge in [-0.25, -0.2) is 0 Å². The van der Waals surface area contributed by atoms with Crippen LogP contribution >= 0.6 is 11.3 Å². The summed E-state index contributed by atoms with van der Waals surface area (Å²) in [6, 6.07) is 17.5. The first-order chi connectivity index (χ1) is 11.3. The third kappa shape index (κ3) is 2.36. The summed E-state index contributed by atoms with van der Waals surface area (Å²) < 4.78 is 0.762. The lowest BCUT2D eigenvalue weighted by Gasteiger charge is -2.09. The van der Waals surface area contributed by atoms with Gasteiger partial charge in [0.25, 0.3) is 5.56 Å². The summed E-state index contributed by atoms with van der Waals surface area (Å²) in [6.45, 7) is 0.649. The molecule has 0 aliphatic heterocycles.